The Morgan fingerprint density at radius 2 is 0.929 bits per heavy atom. The molecule has 2 aliphatic carbocycles. The molecule has 11 rings (SSSR count). The van der Waals surface area contributed by atoms with Crippen LogP contribution in [0.25, 0.3) is 88.8 Å². The average molecular weight is 717 g/mol. The Hall–Kier alpha value is -6.64. The highest BCUT2D eigenvalue weighted by molar-refractivity contribution is 6.07. The van der Waals surface area contributed by atoms with E-state index in [1.54, 1.807) is 0 Å². The van der Waals surface area contributed by atoms with Gasteiger partial charge in [-0.2, -0.15) is 0 Å². The van der Waals surface area contributed by atoms with Crippen molar-refractivity contribution in [1.82, 2.24) is 9.97 Å². The van der Waals surface area contributed by atoms with Gasteiger partial charge in [-0.15, -0.1) is 0 Å². The summed E-state index contributed by atoms with van der Waals surface area (Å²) in [4.78, 5) is 10.8. The lowest BCUT2D eigenvalue weighted by Crippen LogP contribution is -2.16. The van der Waals surface area contributed by atoms with Crippen LogP contribution >= 0.6 is 0 Å². The maximum absolute atomic E-state index is 5.47. The summed E-state index contributed by atoms with van der Waals surface area (Å²) in [6.07, 6.45) is 0. The van der Waals surface area contributed by atoms with E-state index >= 15 is 0 Å². The molecule has 2 aliphatic rings. The Balaban J connectivity index is 1.12. The Kier molecular flexibility index (Phi) is 6.98. The second-order valence-corrected chi connectivity index (χ2v) is 16.5. The van der Waals surface area contributed by atoms with Gasteiger partial charge in [0, 0.05) is 27.5 Å². The minimum Gasteiger partial charge on any atom is -0.228 e. The molecule has 9 aromatic rings. The number of hydrogen-bond acceptors (Lipinski definition) is 2. The highest BCUT2D eigenvalue weighted by atomic mass is 14.9. The Bertz CT molecular complexity index is 3080. The van der Waals surface area contributed by atoms with Gasteiger partial charge in [0.15, 0.2) is 5.82 Å². The normalized spacial score (nSPS) is 14.4. The van der Waals surface area contributed by atoms with E-state index in [9.17, 15) is 0 Å². The second-order valence-electron chi connectivity index (χ2n) is 16.5. The Morgan fingerprint density at radius 3 is 1.73 bits per heavy atom. The number of aromatic nitrogens is 2. The monoisotopic (exact) mass is 716 g/mol. The van der Waals surface area contributed by atoms with Crippen LogP contribution in [0.4, 0.5) is 0 Å². The molecule has 0 spiro atoms. The molecule has 8 aromatic carbocycles. The van der Waals surface area contributed by atoms with Crippen molar-refractivity contribution >= 4 is 21.5 Å². The first-order valence-electron chi connectivity index (χ1n) is 19.7. The average Bonchev–Trinajstić information content (AvgIpc) is 3.62. The van der Waals surface area contributed by atoms with Crippen LogP contribution in [0, 0.1) is 0 Å². The van der Waals surface area contributed by atoms with Crippen LogP contribution in [0.1, 0.15) is 49.9 Å². The molecule has 2 heteroatoms. The smallest absolute Gasteiger partial charge is 0.161 e. The molecular weight excluding hydrogens is 677 g/mol. The fraction of sp³-hybridized carbons (Fsp3) is 0.111. The third kappa shape index (κ3) is 4.69. The number of rotatable bonds is 4. The molecular formula is C54H40N2. The van der Waals surface area contributed by atoms with Crippen molar-refractivity contribution in [2.45, 2.75) is 38.5 Å². The molecule has 0 bridgehead atoms. The summed E-state index contributed by atoms with van der Waals surface area (Å²) >= 11 is 0. The van der Waals surface area contributed by atoms with E-state index in [-0.39, 0.29) is 10.8 Å². The molecule has 0 unspecified atom stereocenters. The van der Waals surface area contributed by atoms with Gasteiger partial charge in [0.1, 0.15) is 0 Å². The van der Waals surface area contributed by atoms with Crippen molar-refractivity contribution in [2.24, 2.45) is 0 Å². The van der Waals surface area contributed by atoms with Gasteiger partial charge in [-0.05, 0) is 101 Å². The Morgan fingerprint density at radius 1 is 0.357 bits per heavy atom. The van der Waals surface area contributed by atoms with Gasteiger partial charge < -0.3 is 0 Å². The summed E-state index contributed by atoms with van der Waals surface area (Å²) in [6.45, 7) is 9.44. The van der Waals surface area contributed by atoms with Gasteiger partial charge in [-0.3, -0.25) is 0 Å². The van der Waals surface area contributed by atoms with Gasteiger partial charge in [0.25, 0.3) is 0 Å². The van der Waals surface area contributed by atoms with Crippen molar-refractivity contribution in [2.75, 3.05) is 0 Å². The number of hydrogen-bond donors (Lipinski definition) is 0. The van der Waals surface area contributed by atoms with Crippen LogP contribution in [0.3, 0.4) is 0 Å². The van der Waals surface area contributed by atoms with Crippen LogP contribution in [-0.4, -0.2) is 9.97 Å². The largest absolute Gasteiger partial charge is 0.228 e. The molecule has 56 heavy (non-hydrogen) atoms. The molecule has 2 nitrogen and oxygen atoms in total. The standard InChI is InChI=1S/C54H40N2/c1-53(2)45-26-13-12-22-42(45)50-43(25-15-27-46(50)53)49-32-48(33-16-6-5-7-17-33)55-52(56-49)41-29-28-38(36-20-10-11-21-37(36)41)39-23-14-24-40-44-30-34-18-8-9-19-35(34)31-47(44)54(3,4)51(39)40/h5-32H,1-4H3. The van der Waals surface area contributed by atoms with Gasteiger partial charge in [-0.25, -0.2) is 9.97 Å². The van der Waals surface area contributed by atoms with Crippen LogP contribution in [0.5, 0.6) is 0 Å². The Labute approximate surface area is 328 Å². The van der Waals surface area contributed by atoms with Crippen LogP contribution in [-0.2, 0) is 10.8 Å². The first-order chi connectivity index (χ1) is 27.3. The van der Waals surface area contributed by atoms with E-state index in [1.807, 2.05) is 0 Å². The highest BCUT2D eigenvalue weighted by Gasteiger charge is 2.39. The van der Waals surface area contributed by atoms with Crippen molar-refractivity contribution in [3.05, 3.63) is 192 Å². The van der Waals surface area contributed by atoms with Crippen molar-refractivity contribution < 1.29 is 0 Å². The first kappa shape index (κ1) is 32.8. The summed E-state index contributed by atoms with van der Waals surface area (Å²) in [5.74, 6) is 0.727. The number of nitrogens with zero attached hydrogens (tertiary/aromatic N) is 2. The molecule has 1 aromatic heterocycles. The SMILES string of the molecule is CC1(C)c2ccccc2-c2c(-c3cc(-c4ccccc4)nc(-c4ccc(-c5cccc6c5C(C)(C)c5cc7ccccc7cc5-6)c5ccccc45)n3)cccc21. The summed E-state index contributed by atoms with van der Waals surface area (Å²) in [5.41, 5.74) is 18.0. The van der Waals surface area contributed by atoms with Gasteiger partial charge >= 0.3 is 0 Å². The lowest BCUT2D eigenvalue weighted by Gasteiger charge is -2.25. The minimum absolute atomic E-state index is 0.104. The van der Waals surface area contributed by atoms with Crippen LogP contribution in [0.15, 0.2) is 170 Å². The van der Waals surface area contributed by atoms with Crippen molar-refractivity contribution in [3.63, 3.8) is 0 Å². The lowest BCUT2D eigenvalue weighted by molar-refractivity contribution is 0.660. The van der Waals surface area contributed by atoms with Crippen molar-refractivity contribution in [3.8, 4) is 67.3 Å². The van der Waals surface area contributed by atoms with Crippen LogP contribution < -0.4 is 0 Å². The van der Waals surface area contributed by atoms with Crippen LogP contribution in [0.2, 0.25) is 0 Å². The minimum atomic E-state index is -0.170. The number of benzene rings is 8. The third-order valence-corrected chi connectivity index (χ3v) is 12.7. The van der Waals surface area contributed by atoms with Crippen molar-refractivity contribution in [1.29, 1.82) is 0 Å². The number of fused-ring (bicyclic) bond motifs is 8. The second kappa shape index (κ2) is 11.9. The van der Waals surface area contributed by atoms with E-state index in [4.69, 9.17) is 9.97 Å². The molecule has 0 N–H and O–H groups in total. The van der Waals surface area contributed by atoms with Gasteiger partial charge in [0.05, 0.1) is 11.4 Å². The fourth-order valence-electron chi connectivity index (χ4n) is 9.95. The zero-order valence-corrected chi connectivity index (χ0v) is 32.1. The summed E-state index contributed by atoms with van der Waals surface area (Å²) in [6, 6.07) is 62.0. The van der Waals surface area contributed by atoms with E-state index in [1.165, 1.54) is 71.8 Å². The van der Waals surface area contributed by atoms with E-state index < -0.39 is 0 Å². The molecule has 0 radical (unpaired) electrons. The van der Waals surface area contributed by atoms with Gasteiger partial charge in [0.2, 0.25) is 0 Å². The fourth-order valence-corrected chi connectivity index (χ4v) is 9.95. The molecule has 0 saturated heterocycles. The highest BCUT2D eigenvalue weighted by Crippen LogP contribution is 2.55. The molecule has 1 heterocycles. The maximum Gasteiger partial charge on any atom is 0.161 e. The van der Waals surface area contributed by atoms with Gasteiger partial charge in [-0.1, -0.05) is 173 Å². The molecule has 0 fully saturated rings. The predicted molar refractivity (Wildman–Crippen MR) is 234 cm³/mol. The maximum atomic E-state index is 5.47. The molecule has 0 atom stereocenters. The summed E-state index contributed by atoms with van der Waals surface area (Å²) in [7, 11) is 0. The lowest BCUT2D eigenvalue weighted by atomic mass is 9.78. The zero-order chi connectivity index (χ0) is 37.8. The molecule has 266 valence electrons. The topological polar surface area (TPSA) is 25.8 Å². The predicted octanol–water partition coefficient (Wildman–Crippen LogP) is 14.1. The quantitative estimate of drug-likeness (QED) is 0.181. The summed E-state index contributed by atoms with van der Waals surface area (Å²) in [5, 5.41) is 4.90. The molecule has 0 aliphatic heterocycles. The molecule has 0 amide bonds. The van der Waals surface area contributed by atoms with E-state index in [2.05, 4.69) is 198 Å². The zero-order valence-electron chi connectivity index (χ0n) is 32.1. The summed E-state index contributed by atoms with van der Waals surface area (Å²) < 4.78 is 0. The first-order valence-corrected chi connectivity index (χ1v) is 19.7. The van der Waals surface area contributed by atoms with E-state index in [0.29, 0.717) is 0 Å². The molecule has 0 saturated carbocycles. The third-order valence-electron chi connectivity index (χ3n) is 12.7. The van der Waals surface area contributed by atoms with E-state index in [0.717, 1.165) is 39.3 Å².